The third-order valence-corrected chi connectivity index (χ3v) is 6.28. The molecule has 2 heterocycles. The molecule has 9 nitrogen and oxygen atoms in total. The zero-order valence-electron chi connectivity index (χ0n) is 19.9. The third-order valence-electron chi connectivity index (χ3n) is 6.28. The van der Waals surface area contributed by atoms with Crippen LogP contribution in [0.15, 0.2) is 42.6 Å². The van der Waals surface area contributed by atoms with Gasteiger partial charge in [0, 0.05) is 17.3 Å². The number of H-pyrrole nitrogens is 1. The second kappa shape index (κ2) is 9.50. The molecular weight excluding hydrogens is 446 g/mol. The maximum absolute atomic E-state index is 9.57. The predicted octanol–water partition coefficient (Wildman–Crippen LogP) is 5.29. The summed E-state index contributed by atoms with van der Waals surface area (Å²) in [5.74, 6) is 3.28. The molecule has 5 rings (SSSR count). The van der Waals surface area contributed by atoms with E-state index in [2.05, 4.69) is 21.5 Å². The molecule has 0 bridgehead atoms. The minimum Gasteiger partial charge on any atom is -0.493 e. The van der Waals surface area contributed by atoms with Gasteiger partial charge in [-0.05, 0) is 56.0 Å². The van der Waals surface area contributed by atoms with Gasteiger partial charge in [-0.1, -0.05) is 0 Å². The lowest BCUT2D eigenvalue weighted by molar-refractivity contribution is 0.201. The molecule has 0 aliphatic heterocycles. The number of aromatic nitrogens is 3. The number of methoxy groups -OCH3 is 3. The van der Waals surface area contributed by atoms with E-state index in [9.17, 15) is 5.26 Å². The number of aromatic amines is 1. The number of nitriles is 1. The number of nitrogens with zero attached hydrogens (tertiary/aromatic N) is 3. The van der Waals surface area contributed by atoms with E-state index in [1.807, 2.05) is 36.4 Å². The minimum atomic E-state index is 0.189. The van der Waals surface area contributed by atoms with Gasteiger partial charge in [-0.2, -0.15) is 14.9 Å². The number of fused-ring (bicyclic) bond motifs is 1. The van der Waals surface area contributed by atoms with Crippen molar-refractivity contribution in [1.29, 1.82) is 5.26 Å². The number of ether oxygens (including phenoxy) is 4. The normalized spacial score (nSPS) is 13.5. The Kier molecular flexibility index (Phi) is 6.10. The first-order valence-electron chi connectivity index (χ1n) is 11.5. The largest absolute Gasteiger partial charge is 0.493 e. The molecule has 0 unspecified atom stereocenters. The molecule has 180 valence electrons. The molecule has 1 aliphatic carbocycles. The standard InChI is InChI=1S/C26H27N5O4/c1-32-20-11-9-18(13-22(20)34-3)29-26-24(30-25-17(14-27)15-28-31(25)26)16-8-10-21(33-2)23(12-16)35-19-6-4-5-7-19/h8-13,15,19,29-30H,4-7H2,1-3H3. The summed E-state index contributed by atoms with van der Waals surface area (Å²) in [7, 11) is 4.83. The predicted molar refractivity (Wildman–Crippen MR) is 132 cm³/mol. The molecule has 2 aromatic carbocycles. The first-order valence-corrected chi connectivity index (χ1v) is 11.5. The van der Waals surface area contributed by atoms with Crippen LogP contribution in [0.4, 0.5) is 11.5 Å². The van der Waals surface area contributed by atoms with Gasteiger partial charge in [0.2, 0.25) is 0 Å². The van der Waals surface area contributed by atoms with Gasteiger partial charge in [0.15, 0.2) is 34.5 Å². The third kappa shape index (κ3) is 4.19. The summed E-state index contributed by atoms with van der Waals surface area (Å²) in [6.45, 7) is 0. The summed E-state index contributed by atoms with van der Waals surface area (Å²) < 4.78 is 24.4. The van der Waals surface area contributed by atoms with Crippen molar-refractivity contribution in [2.75, 3.05) is 26.6 Å². The molecule has 0 spiro atoms. The van der Waals surface area contributed by atoms with E-state index in [4.69, 9.17) is 18.9 Å². The second-order valence-electron chi connectivity index (χ2n) is 8.36. The first-order chi connectivity index (χ1) is 17.1. The van der Waals surface area contributed by atoms with Crippen molar-refractivity contribution in [3.05, 3.63) is 48.2 Å². The van der Waals surface area contributed by atoms with Gasteiger partial charge in [0.25, 0.3) is 0 Å². The van der Waals surface area contributed by atoms with Crippen LogP contribution in [0.2, 0.25) is 0 Å². The first kappa shape index (κ1) is 22.5. The van der Waals surface area contributed by atoms with Crippen LogP contribution >= 0.6 is 0 Å². The highest BCUT2D eigenvalue weighted by atomic mass is 16.5. The average Bonchev–Trinajstić information content (AvgIpc) is 3.62. The van der Waals surface area contributed by atoms with Crippen molar-refractivity contribution in [3.63, 3.8) is 0 Å². The molecule has 1 aliphatic rings. The molecule has 0 radical (unpaired) electrons. The molecule has 0 saturated heterocycles. The summed E-state index contributed by atoms with van der Waals surface area (Å²) in [5, 5.41) is 17.4. The number of hydrogen-bond donors (Lipinski definition) is 2. The molecule has 35 heavy (non-hydrogen) atoms. The molecule has 1 saturated carbocycles. The van der Waals surface area contributed by atoms with Crippen molar-refractivity contribution < 1.29 is 18.9 Å². The van der Waals surface area contributed by atoms with Crippen molar-refractivity contribution in [2.24, 2.45) is 0 Å². The lowest BCUT2D eigenvalue weighted by atomic mass is 10.1. The van der Waals surface area contributed by atoms with E-state index >= 15 is 0 Å². The van der Waals surface area contributed by atoms with E-state index in [0.717, 1.165) is 29.8 Å². The minimum absolute atomic E-state index is 0.189. The molecule has 2 aromatic heterocycles. The average molecular weight is 474 g/mol. The van der Waals surface area contributed by atoms with Crippen LogP contribution in [-0.2, 0) is 0 Å². The Morgan fingerprint density at radius 1 is 0.971 bits per heavy atom. The number of anilines is 2. The van der Waals surface area contributed by atoms with E-state index in [0.29, 0.717) is 40.0 Å². The zero-order valence-corrected chi connectivity index (χ0v) is 19.9. The fraction of sp³-hybridized carbons (Fsp3) is 0.308. The number of imidazole rings is 1. The van der Waals surface area contributed by atoms with Crippen LogP contribution in [0.3, 0.4) is 0 Å². The maximum Gasteiger partial charge on any atom is 0.162 e. The lowest BCUT2D eigenvalue weighted by Gasteiger charge is -2.17. The van der Waals surface area contributed by atoms with E-state index in [1.54, 1.807) is 25.8 Å². The number of rotatable bonds is 8. The van der Waals surface area contributed by atoms with Crippen molar-refractivity contribution >= 4 is 17.2 Å². The summed E-state index contributed by atoms with van der Waals surface area (Å²) in [6, 6.07) is 13.6. The quantitative estimate of drug-likeness (QED) is 0.358. The summed E-state index contributed by atoms with van der Waals surface area (Å²) >= 11 is 0. The van der Waals surface area contributed by atoms with Crippen LogP contribution in [0.1, 0.15) is 31.2 Å². The Labute approximate surface area is 203 Å². The maximum atomic E-state index is 9.57. The number of nitrogens with one attached hydrogen (secondary N) is 2. The molecule has 4 aromatic rings. The summed E-state index contributed by atoms with van der Waals surface area (Å²) in [5.41, 5.74) is 3.45. The fourth-order valence-corrected chi connectivity index (χ4v) is 4.49. The van der Waals surface area contributed by atoms with E-state index < -0.39 is 0 Å². The van der Waals surface area contributed by atoms with Crippen molar-refractivity contribution in [3.8, 4) is 40.3 Å². The van der Waals surface area contributed by atoms with Gasteiger partial charge >= 0.3 is 0 Å². The van der Waals surface area contributed by atoms with Gasteiger partial charge < -0.3 is 29.2 Å². The monoisotopic (exact) mass is 473 g/mol. The van der Waals surface area contributed by atoms with Crippen LogP contribution in [0, 0.1) is 11.3 Å². The topological polar surface area (TPSA) is 106 Å². The number of hydrogen-bond acceptors (Lipinski definition) is 7. The lowest BCUT2D eigenvalue weighted by Crippen LogP contribution is -2.11. The summed E-state index contributed by atoms with van der Waals surface area (Å²) in [4.78, 5) is 3.37. The highest BCUT2D eigenvalue weighted by molar-refractivity contribution is 5.82. The second-order valence-corrected chi connectivity index (χ2v) is 8.36. The Morgan fingerprint density at radius 2 is 1.69 bits per heavy atom. The fourth-order valence-electron chi connectivity index (χ4n) is 4.49. The number of benzene rings is 2. The van der Waals surface area contributed by atoms with Crippen LogP contribution in [0.5, 0.6) is 23.0 Å². The Bertz CT molecular complexity index is 1390. The van der Waals surface area contributed by atoms with Gasteiger partial charge in [-0.15, -0.1) is 0 Å². The Morgan fingerprint density at radius 3 is 2.40 bits per heavy atom. The highest BCUT2D eigenvalue weighted by Crippen LogP contribution is 2.39. The van der Waals surface area contributed by atoms with Gasteiger partial charge in [-0.25, -0.2) is 0 Å². The van der Waals surface area contributed by atoms with Gasteiger partial charge in [0.05, 0.1) is 39.3 Å². The summed E-state index contributed by atoms with van der Waals surface area (Å²) in [6.07, 6.45) is 6.17. The van der Waals surface area contributed by atoms with E-state index in [-0.39, 0.29) is 6.10 Å². The zero-order chi connectivity index (χ0) is 24.4. The Hall–Kier alpha value is -4.32. The van der Waals surface area contributed by atoms with Crippen LogP contribution < -0.4 is 24.3 Å². The molecular formula is C26H27N5O4. The molecule has 0 atom stereocenters. The molecule has 2 N–H and O–H groups in total. The highest BCUT2D eigenvalue weighted by Gasteiger charge is 2.22. The molecule has 9 heteroatoms. The van der Waals surface area contributed by atoms with Crippen LogP contribution in [-0.4, -0.2) is 42.0 Å². The van der Waals surface area contributed by atoms with Crippen molar-refractivity contribution in [1.82, 2.24) is 14.6 Å². The molecule has 1 fully saturated rings. The SMILES string of the molecule is COc1ccc(Nc2c(-c3ccc(OC)c(OC4CCCC4)c3)[nH]c3c(C#N)cnn23)cc1OC. The molecule has 0 amide bonds. The Balaban J connectivity index is 1.60. The van der Waals surface area contributed by atoms with E-state index in [1.165, 1.54) is 19.0 Å². The van der Waals surface area contributed by atoms with Crippen molar-refractivity contribution in [2.45, 2.75) is 31.8 Å². The smallest absolute Gasteiger partial charge is 0.162 e. The van der Waals surface area contributed by atoms with Gasteiger partial charge in [-0.3, -0.25) is 0 Å². The van der Waals surface area contributed by atoms with Gasteiger partial charge in [0.1, 0.15) is 11.6 Å². The van der Waals surface area contributed by atoms with Crippen LogP contribution in [0.25, 0.3) is 16.9 Å².